The lowest BCUT2D eigenvalue weighted by Gasteiger charge is -2.08. The molecule has 1 aromatic carbocycles. The van der Waals surface area contributed by atoms with E-state index in [0.717, 1.165) is 22.0 Å². The van der Waals surface area contributed by atoms with Gasteiger partial charge in [-0.05, 0) is 31.0 Å². The van der Waals surface area contributed by atoms with Gasteiger partial charge in [-0.3, -0.25) is 4.79 Å². The Hall–Kier alpha value is -1.57. The van der Waals surface area contributed by atoms with Crippen LogP contribution >= 0.6 is 0 Å². The number of rotatable bonds is 0. The lowest BCUT2D eigenvalue weighted by atomic mass is 10.1. The minimum atomic E-state index is 0.102. The minimum absolute atomic E-state index is 0.102. The van der Waals surface area contributed by atoms with E-state index in [1.807, 2.05) is 37.7 Å². The van der Waals surface area contributed by atoms with E-state index in [2.05, 4.69) is 6.07 Å². The van der Waals surface area contributed by atoms with Crippen molar-refractivity contribution in [3.8, 4) is 0 Å². The van der Waals surface area contributed by atoms with Gasteiger partial charge in [0.1, 0.15) is 0 Å². The second kappa shape index (κ2) is 2.98. The monoisotopic (exact) mass is 187 g/mol. The number of benzene rings is 1. The summed E-state index contributed by atoms with van der Waals surface area (Å²) in [6.45, 7) is 4.05. The highest BCUT2D eigenvalue weighted by Crippen LogP contribution is 2.16. The van der Waals surface area contributed by atoms with Crippen molar-refractivity contribution >= 4 is 10.9 Å². The molecule has 0 bridgehead atoms. The molecule has 0 atom stereocenters. The van der Waals surface area contributed by atoms with Crippen LogP contribution in [0.25, 0.3) is 10.9 Å². The zero-order chi connectivity index (χ0) is 10.3. The number of pyridine rings is 1. The first-order valence-corrected chi connectivity index (χ1v) is 4.66. The molecule has 0 aliphatic heterocycles. The molecule has 0 N–H and O–H groups in total. The Balaban J connectivity index is 3.08. The Morgan fingerprint density at radius 1 is 1.21 bits per heavy atom. The van der Waals surface area contributed by atoms with Crippen LogP contribution in [-0.4, -0.2) is 4.57 Å². The van der Waals surface area contributed by atoms with Crippen molar-refractivity contribution < 1.29 is 0 Å². The number of hydrogen-bond donors (Lipinski definition) is 0. The molecule has 14 heavy (non-hydrogen) atoms. The predicted molar refractivity (Wildman–Crippen MR) is 58.7 cm³/mol. The van der Waals surface area contributed by atoms with E-state index in [-0.39, 0.29) is 5.43 Å². The van der Waals surface area contributed by atoms with Crippen molar-refractivity contribution in [2.75, 3.05) is 0 Å². The zero-order valence-electron chi connectivity index (χ0n) is 8.66. The Labute approximate surface area is 82.8 Å². The summed E-state index contributed by atoms with van der Waals surface area (Å²) in [6.07, 6.45) is 1.81. The van der Waals surface area contributed by atoms with E-state index >= 15 is 0 Å². The van der Waals surface area contributed by atoms with Gasteiger partial charge in [-0.2, -0.15) is 0 Å². The molecule has 0 spiro atoms. The van der Waals surface area contributed by atoms with Gasteiger partial charge in [0.15, 0.2) is 5.43 Å². The Morgan fingerprint density at radius 2 is 1.93 bits per heavy atom. The molecule has 2 heteroatoms. The molecule has 2 nitrogen and oxygen atoms in total. The summed E-state index contributed by atoms with van der Waals surface area (Å²) in [7, 11) is 1.96. The van der Waals surface area contributed by atoms with Gasteiger partial charge in [-0.15, -0.1) is 0 Å². The third-order valence-electron chi connectivity index (χ3n) is 2.51. The lowest BCUT2D eigenvalue weighted by Crippen LogP contribution is -2.06. The van der Waals surface area contributed by atoms with E-state index < -0.39 is 0 Å². The van der Waals surface area contributed by atoms with Crippen molar-refractivity contribution in [2.24, 2.45) is 7.05 Å². The van der Waals surface area contributed by atoms with Crippen LogP contribution in [0.2, 0.25) is 0 Å². The van der Waals surface area contributed by atoms with Crippen molar-refractivity contribution in [3.63, 3.8) is 0 Å². The number of aromatic nitrogens is 1. The quantitative estimate of drug-likeness (QED) is 0.619. The summed E-state index contributed by atoms with van der Waals surface area (Å²) in [5, 5.41) is 0.813. The van der Waals surface area contributed by atoms with Crippen LogP contribution in [0.1, 0.15) is 11.1 Å². The van der Waals surface area contributed by atoms with Gasteiger partial charge < -0.3 is 4.57 Å². The van der Waals surface area contributed by atoms with Crippen molar-refractivity contribution in [1.82, 2.24) is 4.57 Å². The Bertz CT molecular complexity index is 552. The van der Waals surface area contributed by atoms with Crippen molar-refractivity contribution in [3.05, 3.63) is 45.7 Å². The third kappa shape index (κ3) is 1.23. The molecule has 0 saturated heterocycles. The van der Waals surface area contributed by atoms with Crippen LogP contribution in [-0.2, 0) is 7.05 Å². The molecule has 2 aromatic rings. The molecule has 1 heterocycles. The summed E-state index contributed by atoms with van der Waals surface area (Å²) < 4.78 is 1.99. The maximum atomic E-state index is 11.6. The van der Waals surface area contributed by atoms with Gasteiger partial charge in [0.25, 0.3) is 0 Å². The summed E-state index contributed by atoms with van der Waals surface area (Å²) in [6, 6.07) is 5.66. The molecule has 0 aliphatic carbocycles. The van der Waals surface area contributed by atoms with Crippen molar-refractivity contribution in [2.45, 2.75) is 13.8 Å². The molecule has 0 aliphatic rings. The zero-order valence-corrected chi connectivity index (χ0v) is 8.66. The lowest BCUT2D eigenvalue weighted by molar-refractivity contribution is 0.945. The third-order valence-corrected chi connectivity index (χ3v) is 2.51. The van der Waals surface area contributed by atoms with Crippen LogP contribution in [0.15, 0.2) is 29.2 Å². The number of nitrogens with zero attached hydrogens (tertiary/aromatic N) is 1. The number of hydrogen-bond acceptors (Lipinski definition) is 1. The standard InChI is InChI=1S/C12H13NO/c1-8-6-9(2)12-10(7-8)11(14)4-5-13(12)3/h4-7H,1-3H3. The molecule has 0 amide bonds. The maximum Gasteiger partial charge on any atom is 0.189 e. The highest BCUT2D eigenvalue weighted by atomic mass is 16.1. The number of fused-ring (bicyclic) bond motifs is 1. The predicted octanol–water partition coefficient (Wildman–Crippen LogP) is 2.16. The highest BCUT2D eigenvalue weighted by Gasteiger charge is 2.03. The van der Waals surface area contributed by atoms with E-state index in [9.17, 15) is 4.79 Å². The van der Waals surface area contributed by atoms with Gasteiger partial charge in [0.05, 0.1) is 5.52 Å². The van der Waals surface area contributed by atoms with Crippen LogP contribution in [0.5, 0.6) is 0 Å². The highest BCUT2D eigenvalue weighted by molar-refractivity contribution is 5.82. The van der Waals surface area contributed by atoms with Crippen LogP contribution in [0.4, 0.5) is 0 Å². The average Bonchev–Trinajstić information content (AvgIpc) is 2.10. The first-order valence-electron chi connectivity index (χ1n) is 4.66. The van der Waals surface area contributed by atoms with Crippen molar-refractivity contribution in [1.29, 1.82) is 0 Å². The van der Waals surface area contributed by atoms with E-state index in [4.69, 9.17) is 0 Å². The molecule has 72 valence electrons. The second-order valence-electron chi connectivity index (χ2n) is 3.77. The first kappa shape index (κ1) is 9.00. The maximum absolute atomic E-state index is 11.6. The molecular weight excluding hydrogens is 174 g/mol. The smallest absolute Gasteiger partial charge is 0.189 e. The fraction of sp³-hybridized carbons (Fsp3) is 0.250. The topological polar surface area (TPSA) is 22.0 Å². The largest absolute Gasteiger partial charge is 0.350 e. The molecule has 0 radical (unpaired) electrons. The van der Waals surface area contributed by atoms with Gasteiger partial charge in [0, 0.05) is 24.7 Å². The SMILES string of the molecule is Cc1cc(C)c2c(c1)c(=O)ccn2C. The van der Waals surface area contributed by atoms with Gasteiger partial charge >= 0.3 is 0 Å². The summed E-state index contributed by atoms with van der Waals surface area (Å²) in [4.78, 5) is 11.6. The van der Waals surface area contributed by atoms with Crippen LogP contribution in [0, 0.1) is 13.8 Å². The summed E-state index contributed by atoms with van der Waals surface area (Å²) >= 11 is 0. The van der Waals surface area contributed by atoms with Gasteiger partial charge in [-0.1, -0.05) is 6.07 Å². The normalized spacial score (nSPS) is 10.8. The van der Waals surface area contributed by atoms with Gasteiger partial charge in [0.2, 0.25) is 0 Å². The second-order valence-corrected chi connectivity index (χ2v) is 3.77. The van der Waals surface area contributed by atoms with E-state index in [1.165, 1.54) is 0 Å². The summed E-state index contributed by atoms with van der Waals surface area (Å²) in [5.74, 6) is 0. The fourth-order valence-electron chi connectivity index (χ4n) is 1.96. The fourth-order valence-corrected chi connectivity index (χ4v) is 1.96. The van der Waals surface area contributed by atoms with Crippen LogP contribution in [0.3, 0.4) is 0 Å². The molecule has 0 fully saturated rings. The summed E-state index contributed by atoms with van der Waals surface area (Å²) in [5.41, 5.74) is 3.42. The molecule has 0 saturated carbocycles. The molecule has 2 rings (SSSR count). The Morgan fingerprint density at radius 3 is 2.64 bits per heavy atom. The first-order chi connectivity index (χ1) is 6.59. The number of aryl methyl sites for hydroxylation is 3. The Kier molecular flexibility index (Phi) is 1.92. The van der Waals surface area contributed by atoms with E-state index in [0.29, 0.717) is 0 Å². The molecular formula is C12H13NO. The average molecular weight is 187 g/mol. The van der Waals surface area contributed by atoms with Crippen LogP contribution < -0.4 is 5.43 Å². The van der Waals surface area contributed by atoms with Gasteiger partial charge in [-0.25, -0.2) is 0 Å². The molecule has 1 aromatic heterocycles. The minimum Gasteiger partial charge on any atom is -0.350 e. The van der Waals surface area contributed by atoms with E-state index in [1.54, 1.807) is 6.07 Å². The molecule has 0 unspecified atom stereocenters.